The molecule has 0 radical (unpaired) electrons. The van der Waals surface area contributed by atoms with Gasteiger partial charge >= 0.3 is 5.38 Å². The third kappa shape index (κ3) is 4.16. The summed E-state index contributed by atoms with van der Waals surface area (Å²) >= 11 is 5.14. The first-order chi connectivity index (χ1) is 16.6. The van der Waals surface area contributed by atoms with E-state index in [9.17, 15) is 22.8 Å². The highest BCUT2D eigenvalue weighted by molar-refractivity contribution is 6.21. The minimum Gasteiger partial charge on any atom is -0.329 e. The number of carbonyl (C=O) groups is 1. The number of aromatic amines is 1. The zero-order chi connectivity index (χ0) is 24.9. The van der Waals surface area contributed by atoms with Crippen LogP contribution in [0.2, 0.25) is 0 Å². The van der Waals surface area contributed by atoms with E-state index in [2.05, 4.69) is 20.4 Å². The number of alkyl halides is 3. The third-order valence-corrected chi connectivity index (χ3v) is 6.14. The van der Waals surface area contributed by atoms with Gasteiger partial charge in [-0.05, 0) is 42.3 Å². The predicted octanol–water partition coefficient (Wildman–Crippen LogP) is 3.75. The van der Waals surface area contributed by atoms with Gasteiger partial charge in [0.25, 0.3) is 11.5 Å². The van der Waals surface area contributed by atoms with Gasteiger partial charge in [0, 0.05) is 18.4 Å². The number of nitrogens with one attached hydrogen (secondary N) is 1. The molecule has 1 aliphatic rings. The lowest BCUT2D eigenvalue weighted by Gasteiger charge is -2.33. The quantitative estimate of drug-likeness (QED) is 0.429. The number of halogens is 4. The average Bonchev–Trinajstić information content (AvgIpc) is 3.27. The van der Waals surface area contributed by atoms with Gasteiger partial charge in [-0.1, -0.05) is 24.3 Å². The van der Waals surface area contributed by atoms with Gasteiger partial charge in [0.15, 0.2) is 5.82 Å². The summed E-state index contributed by atoms with van der Waals surface area (Å²) in [6.07, 6.45) is 0.247. The number of benzene rings is 2. The van der Waals surface area contributed by atoms with Crippen LogP contribution in [0.5, 0.6) is 0 Å². The summed E-state index contributed by atoms with van der Waals surface area (Å²) in [6, 6.07) is 10.5. The summed E-state index contributed by atoms with van der Waals surface area (Å²) in [4.78, 5) is 26.6. The van der Waals surface area contributed by atoms with Crippen LogP contribution in [0.1, 0.15) is 46.2 Å². The normalized spacial score (nSPS) is 15.9. The van der Waals surface area contributed by atoms with Crippen LogP contribution in [0.4, 0.5) is 13.2 Å². The van der Waals surface area contributed by atoms with Crippen LogP contribution in [0.3, 0.4) is 0 Å². The van der Waals surface area contributed by atoms with E-state index in [1.165, 1.54) is 27.7 Å². The molecule has 180 valence electrons. The van der Waals surface area contributed by atoms with Crippen LogP contribution in [0.15, 0.2) is 47.3 Å². The van der Waals surface area contributed by atoms with Crippen molar-refractivity contribution in [3.8, 4) is 0 Å². The van der Waals surface area contributed by atoms with Crippen LogP contribution in [-0.2, 0) is 18.3 Å². The van der Waals surface area contributed by atoms with Crippen molar-refractivity contribution in [1.82, 2.24) is 29.9 Å². The smallest absolute Gasteiger partial charge is 0.329 e. The maximum Gasteiger partial charge on any atom is 0.381 e. The molecule has 2 aromatic heterocycles. The van der Waals surface area contributed by atoms with Crippen LogP contribution in [0.25, 0.3) is 10.8 Å². The number of amides is 1. The summed E-state index contributed by atoms with van der Waals surface area (Å²) < 4.78 is 43.2. The molecule has 8 nitrogen and oxygen atoms in total. The summed E-state index contributed by atoms with van der Waals surface area (Å²) in [5, 5.41) is 11.3. The number of H-pyrrole nitrogens is 1. The molecular formula is C23H18ClF3N6O2. The van der Waals surface area contributed by atoms with Crippen molar-refractivity contribution >= 4 is 28.3 Å². The van der Waals surface area contributed by atoms with Gasteiger partial charge < -0.3 is 9.47 Å². The fourth-order valence-corrected chi connectivity index (χ4v) is 4.52. The van der Waals surface area contributed by atoms with E-state index in [0.29, 0.717) is 22.0 Å². The second-order valence-corrected chi connectivity index (χ2v) is 8.85. The Hall–Kier alpha value is -3.73. The van der Waals surface area contributed by atoms with Gasteiger partial charge in [-0.2, -0.15) is 13.9 Å². The Morgan fingerprint density at radius 1 is 1.20 bits per heavy atom. The molecule has 0 fully saturated rings. The van der Waals surface area contributed by atoms with Gasteiger partial charge in [0.05, 0.1) is 29.2 Å². The molecule has 0 bridgehead atoms. The summed E-state index contributed by atoms with van der Waals surface area (Å²) in [5.41, 5.74) is 0.692. The predicted molar refractivity (Wildman–Crippen MR) is 121 cm³/mol. The summed E-state index contributed by atoms with van der Waals surface area (Å²) in [7, 11) is 0. The van der Waals surface area contributed by atoms with Gasteiger partial charge in [-0.25, -0.2) is 9.49 Å². The molecule has 4 aromatic rings. The van der Waals surface area contributed by atoms with Gasteiger partial charge in [-0.15, -0.1) is 10.2 Å². The highest BCUT2D eigenvalue weighted by Gasteiger charge is 2.40. The van der Waals surface area contributed by atoms with Crippen molar-refractivity contribution in [3.05, 3.63) is 87.1 Å². The molecule has 1 atom stereocenters. The van der Waals surface area contributed by atoms with Crippen LogP contribution in [0, 0.1) is 5.82 Å². The summed E-state index contributed by atoms with van der Waals surface area (Å²) in [5.74, 6) is -1.88. The first-order valence-corrected chi connectivity index (χ1v) is 11.1. The van der Waals surface area contributed by atoms with E-state index < -0.39 is 29.0 Å². The molecule has 0 saturated carbocycles. The lowest BCUT2D eigenvalue weighted by Crippen LogP contribution is -2.41. The van der Waals surface area contributed by atoms with Crippen molar-refractivity contribution < 1.29 is 18.0 Å². The molecule has 0 saturated heterocycles. The molecule has 1 N–H and O–H groups in total. The average molecular weight is 503 g/mol. The highest BCUT2D eigenvalue weighted by atomic mass is 35.5. The molecule has 3 heterocycles. The first-order valence-electron chi connectivity index (χ1n) is 10.7. The minimum atomic E-state index is -3.70. The lowest BCUT2D eigenvalue weighted by molar-refractivity contribution is 0.0614. The summed E-state index contributed by atoms with van der Waals surface area (Å²) in [6.45, 7) is 1.54. The molecule has 35 heavy (non-hydrogen) atoms. The maximum atomic E-state index is 14.7. The Kier molecular flexibility index (Phi) is 5.59. The van der Waals surface area contributed by atoms with Crippen molar-refractivity contribution in [2.45, 2.75) is 31.3 Å². The number of aromatic nitrogens is 5. The zero-order valence-electron chi connectivity index (χ0n) is 18.3. The monoisotopic (exact) mass is 502 g/mol. The number of carbonyl (C=O) groups excluding carboxylic acids is 1. The first kappa shape index (κ1) is 23.0. The van der Waals surface area contributed by atoms with Crippen molar-refractivity contribution in [2.24, 2.45) is 0 Å². The lowest BCUT2D eigenvalue weighted by atomic mass is 10.0. The van der Waals surface area contributed by atoms with E-state index in [1.807, 2.05) is 0 Å². The molecule has 0 spiro atoms. The van der Waals surface area contributed by atoms with Crippen molar-refractivity contribution in [2.75, 3.05) is 6.54 Å². The van der Waals surface area contributed by atoms with E-state index in [-0.39, 0.29) is 36.5 Å². The van der Waals surface area contributed by atoms with Crippen molar-refractivity contribution in [1.29, 1.82) is 0 Å². The van der Waals surface area contributed by atoms with Crippen molar-refractivity contribution in [3.63, 3.8) is 0 Å². The SMILES string of the molecule is CC1CN(C(=O)c2cc(Cc3n[nH]c(=O)c4ccccc34)ccc2F)Cc2nnc(C(F)(F)Cl)n21. The number of rotatable bonds is 4. The van der Waals surface area contributed by atoms with E-state index in [4.69, 9.17) is 11.6 Å². The van der Waals surface area contributed by atoms with Gasteiger partial charge in [0.2, 0.25) is 5.82 Å². The van der Waals surface area contributed by atoms with E-state index >= 15 is 0 Å². The van der Waals surface area contributed by atoms with Crippen LogP contribution < -0.4 is 5.56 Å². The fraction of sp³-hybridized carbons (Fsp3) is 0.261. The molecule has 1 unspecified atom stereocenters. The molecule has 2 aromatic carbocycles. The Balaban J connectivity index is 1.44. The molecule has 5 rings (SSSR count). The third-order valence-electron chi connectivity index (χ3n) is 5.97. The number of nitrogens with zero attached hydrogens (tertiary/aromatic N) is 5. The molecular weight excluding hydrogens is 485 g/mol. The molecule has 1 aliphatic heterocycles. The highest BCUT2D eigenvalue weighted by Crippen LogP contribution is 2.35. The molecule has 0 aliphatic carbocycles. The topological polar surface area (TPSA) is 96.8 Å². The fourth-order valence-electron chi connectivity index (χ4n) is 4.39. The Morgan fingerprint density at radius 2 is 1.94 bits per heavy atom. The Labute approximate surface area is 201 Å². The maximum absolute atomic E-state index is 14.7. The zero-order valence-corrected chi connectivity index (χ0v) is 19.1. The van der Waals surface area contributed by atoms with Crippen LogP contribution >= 0.6 is 11.6 Å². The second kappa shape index (κ2) is 8.49. The standard InChI is InChI=1S/C23H18ClF3N6O2/c1-12-10-32(11-19-29-31-22(33(12)19)23(24,26)27)21(35)16-8-13(6-7-17(16)25)9-18-14-4-2-3-5-15(14)20(34)30-28-18/h2-8,12H,9-11H2,1H3,(H,30,34). The minimum absolute atomic E-state index is 0.0413. The largest absolute Gasteiger partial charge is 0.381 e. The Bertz CT molecular complexity index is 1510. The van der Waals surface area contributed by atoms with Gasteiger partial charge in [-0.3, -0.25) is 9.59 Å². The Morgan fingerprint density at radius 3 is 2.69 bits per heavy atom. The number of hydrogen-bond donors (Lipinski definition) is 1. The van der Waals surface area contributed by atoms with E-state index in [0.717, 1.165) is 0 Å². The second-order valence-electron chi connectivity index (χ2n) is 8.38. The number of hydrogen-bond acceptors (Lipinski definition) is 5. The molecule has 1 amide bonds. The van der Waals surface area contributed by atoms with Crippen LogP contribution in [-0.4, -0.2) is 42.3 Å². The number of fused-ring (bicyclic) bond motifs is 2. The molecule has 12 heteroatoms. The van der Waals surface area contributed by atoms with Gasteiger partial charge in [0.1, 0.15) is 5.82 Å². The van der Waals surface area contributed by atoms with E-state index in [1.54, 1.807) is 31.2 Å².